The highest BCUT2D eigenvalue weighted by Gasteiger charge is 2.09. The van der Waals surface area contributed by atoms with Crippen LogP contribution in [0.15, 0.2) is 48.5 Å². The van der Waals surface area contributed by atoms with Gasteiger partial charge in [-0.2, -0.15) is 0 Å². The largest absolute Gasteiger partial charge is 0.482 e. The Morgan fingerprint density at radius 3 is 2.13 bits per heavy atom. The third-order valence-corrected chi connectivity index (χ3v) is 3.18. The highest BCUT2D eigenvalue weighted by molar-refractivity contribution is 5.74. The number of carbonyl (C=O) groups is 1. The van der Waals surface area contributed by atoms with Crippen LogP contribution >= 0.6 is 0 Å². The average Bonchev–Trinajstić information content (AvgIpc) is 2.54. The number of benzene rings is 2. The summed E-state index contributed by atoms with van der Waals surface area (Å²) in [6.45, 7) is 3.89. The van der Waals surface area contributed by atoms with Gasteiger partial charge in [0.25, 0.3) is 5.69 Å². The SMILES string of the molecule is CC(C)c1ccc(OC(=O)COc2ccc([N+](=O)[O-])cc2)cc1. The van der Waals surface area contributed by atoms with Gasteiger partial charge >= 0.3 is 5.97 Å². The first-order valence-corrected chi connectivity index (χ1v) is 7.13. The minimum absolute atomic E-state index is 0.0369. The van der Waals surface area contributed by atoms with Gasteiger partial charge in [-0.1, -0.05) is 26.0 Å². The second kappa shape index (κ2) is 7.40. The predicted molar refractivity (Wildman–Crippen MR) is 84.8 cm³/mol. The van der Waals surface area contributed by atoms with E-state index < -0.39 is 10.9 Å². The summed E-state index contributed by atoms with van der Waals surface area (Å²) in [4.78, 5) is 21.8. The summed E-state index contributed by atoms with van der Waals surface area (Å²) in [5.74, 6) is 0.681. The molecule has 120 valence electrons. The predicted octanol–water partition coefficient (Wildman–Crippen LogP) is 3.70. The Bertz CT molecular complexity index is 677. The molecule has 0 aromatic heterocycles. The minimum atomic E-state index is -0.541. The molecule has 2 aromatic carbocycles. The number of ether oxygens (including phenoxy) is 2. The fraction of sp³-hybridized carbons (Fsp3) is 0.235. The Balaban J connectivity index is 1.86. The third-order valence-electron chi connectivity index (χ3n) is 3.18. The standard InChI is InChI=1S/C17H17NO5/c1-12(2)13-3-7-16(8-4-13)23-17(19)11-22-15-9-5-14(6-10-15)18(20)21/h3-10,12H,11H2,1-2H3. The normalized spacial score (nSPS) is 10.4. The van der Waals surface area contributed by atoms with E-state index in [1.54, 1.807) is 12.1 Å². The number of esters is 1. The highest BCUT2D eigenvalue weighted by Crippen LogP contribution is 2.19. The van der Waals surface area contributed by atoms with Crippen molar-refractivity contribution in [1.29, 1.82) is 0 Å². The van der Waals surface area contributed by atoms with Gasteiger partial charge in [-0.25, -0.2) is 4.79 Å². The van der Waals surface area contributed by atoms with Crippen LogP contribution in [0.2, 0.25) is 0 Å². The van der Waals surface area contributed by atoms with Gasteiger partial charge in [0.2, 0.25) is 0 Å². The molecule has 0 spiro atoms. The highest BCUT2D eigenvalue weighted by atomic mass is 16.6. The fourth-order valence-corrected chi connectivity index (χ4v) is 1.89. The molecule has 2 rings (SSSR count). The van der Waals surface area contributed by atoms with Crippen molar-refractivity contribution in [3.8, 4) is 11.5 Å². The van der Waals surface area contributed by atoms with Gasteiger partial charge in [0.15, 0.2) is 6.61 Å². The number of nitro groups is 1. The van der Waals surface area contributed by atoms with E-state index in [9.17, 15) is 14.9 Å². The molecular weight excluding hydrogens is 298 g/mol. The smallest absolute Gasteiger partial charge is 0.349 e. The molecule has 0 radical (unpaired) electrons. The summed E-state index contributed by atoms with van der Waals surface area (Å²) in [6, 6.07) is 12.8. The van der Waals surface area contributed by atoms with E-state index in [1.807, 2.05) is 12.1 Å². The first kappa shape index (κ1) is 16.5. The summed E-state index contributed by atoms with van der Waals surface area (Å²) in [6.07, 6.45) is 0. The van der Waals surface area contributed by atoms with Crippen LogP contribution in [0.5, 0.6) is 11.5 Å². The van der Waals surface area contributed by atoms with Crippen LogP contribution in [-0.4, -0.2) is 17.5 Å². The van der Waals surface area contributed by atoms with E-state index in [0.29, 0.717) is 17.4 Å². The molecule has 0 heterocycles. The van der Waals surface area contributed by atoms with Crippen LogP contribution in [0, 0.1) is 10.1 Å². The van der Waals surface area contributed by atoms with E-state index in [4.69, 9.17) is 9.47 Å². The van der Waals surface area contributed by atoms with E-state index in [1.165, 1.54) is 24.3 Å². The number of non-ortho nitro benzene ring substituents is 1. The van der Waals surface area contributed by atoms with E-state index >= 15 is 0 Å². The van der Waals surface area contributed by atoms with Crippen molar-refractivity contribution < 1.29 is 19.2 Å². The zero-order valence-corrected chi connectivity index (χ0v) is 12.9. The lowest BCUT2D eigenvalue weighted by atomic mass is 10.0. The summed E-state index contributed by atoms with van der Waals surface area (Å²) < 4.78 is 10.4. The van der Waals surface area contributed by atoms with Gasteiger partial charge < -0.3 is 9.47 Å². The van der Waals surface area contributed by atoms with Crippen LogP contribution < -0.4 is 9.47 Å². The molecule has 0 saturated carbocycles. The van der Waals surface area contributed by atoms with Crippen LogP contribution in [0.4, 0.5) is 5.69 Å². The molecule has 0 bridgehead atoms. The monoisotopic (exact) mass is 315 g/mol. The molecule has 0 aliphatic carbocycles. The molecular formula is C17H17NO5. The molecule has 2 aromatic rings. The molecule has 6 nitrogen and oxygen atoms in total. The van der Waals surface area contributed by atoms with E-state index in [0.717, 1.165) is 5.56 Å². The van der Waals surface area contributed by atoms with Gasteiger partial charge in [0.05, 0.1) is 4.92 Å². The Kier molecular flexibility index (Phi) is 5.30. The Hall–Kier alpha value is -2.89. The zero-order chi connectivity index (χ0) is 16.8. The quantitative estimate of drug-likeness (QED) is 0.351. The van der Waals surface area contributed by atoms with E-state index in [-0.39, 0.29) is 12.3 Å². The van der Waals surface area contributed by atoms with Crippen molar-refractivity contribution in [2.45, 2.75) is 19.8 Å². The number of carbonyl (C=O) groups excluding carboxylic acids is 1. The van der Waals surface area contributed by atoms with E-state index in [2.05, 4.69) is 13.8 Å². The lowest BCUT2D eigenvalue weighted by Gasteiger charge is -2.08. The van der Waals surface area contributed by atoms with Gasteiger partial charge in [-0.3, -0.25) is 10.1 Å². The van der Waals surface area contributed by atoms with Crippen molar-refractivity contribution in [3.63, 3.8) is 0 Å². The molecule has 23 heavy (non-hydrogen) atoms. The third kappa shape index (κ3) is 4.81. The zero-order valence-electron chi connectivity index (χ0n) is 12.9. The van der Waals surface area contributed by atoms with Crippen molar-refractivity contribution in [2.24, 2.45) is 0 Å². The molecule has 0 aliphatic rings. The van der Waals surface area contributed by atoms with Crippen molar-refractivity contribution in [3.05, 3.63) is 64.2 Å². The first-order valence-electron chi connectivity index (χ1n) is 7.13. The summed E-state index contributed by atoms with van der Waals surface area (Å²) in [5, 5.41) is 10.5. The van der Waals surface area contributed by atoms with Gasteiger partial charge in [-0.15, -0.1) is 0 Å². The molecule has 6 heteroatoms. The van der Waals surface area contributed by atoms with Gasteiger partial charge in [0, 0.05) is 12.1 Å². The number of nitro benzene ring substituents is 1. The molecule has 0 amide bonds. The second-order valence-electron chi connectivity index (χ2n) is 5.24. The fourth-order valence-electron chi connectivity index (χ4n) is 1.89. The van der Waals surface area contributed by atoms with Gasteiger partial charge in [-0.05, 0) is 35.7 Å². The van der Waals surface area contributed by atoms with Crippen molar-refractivity contribution >= 4 is 11.7 Å². The molecule has 0 fully saturated rings. The maximum Gasteiger partial charge on any atom is 0.349 e. The maximum atomic E-state index is 11.7. The number of hydrogen-bond acceptors (Lipinski definition) is 5. The lowest BCUT2D eigenvalue weighted by molar-refractivity contribution is -0.384. The summed E-state index contributed by atoms with van der Waals surface area (Å²) >= 11 is 0. The molecule has 0 N–H and O–H groups in total. The topological polar surface area (TPSA) is 78.7 Å². The second-order valence-corrected chi connectivity index (χ2v) is 5.24. The van der Waals surface area contributed by atoms with Crippen molar-refractivity contribution in [2.75, 3.05) is 6.61 Å². The van der Waals surface area contributed by atoms with Gasteiger partial charge in [0.1, 0.15) is 11.5 Å². The van der Waals surface area contributed by atoms with Crippen LogP contribution in [0.3, 0.4) is 0 Å². The summed E-state index contributed by atoms with van der Waals surface area (Å²) in [5.41, 5.74) is 1.12. The molecule has 0 atom stereocenters. The molecule has 0 saturated heterocycles. The Morgan fingerprint density at radius 1 is 1.04 bits per heavy atom. The van der Waals surface area contributed by atoms with Crippen LogP contribution in [0.1, 0.15) is 25.3 Å². The minimum Gasteiger partial charge on any atom is -0.482 e. The number of rotatable bonds is 6. The average molecular weight is 315 g/mol. The molecule has 0 aliphatic heterocycles. The summed E-state index contributed by atoms with van der Waals surface area (Å²) in [7, 11) is 0. The number of nitrogens with zero attached hydrogens (tertiary/aromatic N) is 1. The maximum absolute atomic E-state index is 11.7. The Morgan fingerprint density at radius 2 is 1.61 bits per heavy atom. The van der Waals surface area contributed by atoms with Crippen molar-refractivity contribution in [1.82, 2.24) is 0 Å². The van der Waals surface area contributed by atoms with Crippen LogP contribution in [0.25, 0.3) is 0 Å². The molecule has 0 unspecified atom stereocenters. The lowest BCUT2D eigenvalue weighted by Crippen LogP contribution is -2.17. The first-order chi connectivity index (χ1) is 11.0. The number of hydrogen-bond donors (Lipinski definition) is 0. The Labute approximate surface area is 133 Å². The van der Waals surface area contributed by atoms with Crippen LogP contribution in [-0.2, 0) is 4.79 Å².